The fourth-order valence-electron chi connectivity index (χ4n) is 1.90. The molecule has 1 aromatic heterocycles. The van der Waals surface area contributed by atoms with Gasteiger partial charge in [0.25, 0.3) is 10.0 Å². The van der Waals surface area contributed by atoms with Gasteiger partial charge in [-0.1, -0.05) is 11.3 Å². The van der Waals surface area contributed by atoms with Crippen molar-refractivity contribution >= 4 is 21.4 Å². The quantitative estimate of drug-likeness (QED) is 0.878. The van der Waals surface area contributed by atoms with E-state index in [1.165, 1.54) is 0 Å². The molecule has 0 unspecified atom stereocenters. The van der Waals surface area contributed by atoms with Gasteiger partial charge in [0.2, 0.25) is 0 Å². The first-order valence-corrected chi connectivity index (χ1v) is 7.83. The number of aryl methyl sites for hydroxylation is 1. The van der Waals surface area contributed by atoms with E-state index in [2.05, 4.69) is 20.1 Å². The van der Waals surface area contributed by atoms with Crippen molar-refractivity contribution in [3.8, 4) is 0 Å². The lowest BCUT2D eigenvalue weighted by Gasteiger charge is -2.29. The van der Waals surface area contributed by atoms with E-state index in [4.69, 9.17) is 0 Å². The molecule has 0 amide bonds. The SMILES string of the molecule is Cc1n[c]sc1S(=O)(=O)NC1CCN(C)CC1. The number of aromatic nitrogens is 1. The number of rotatable bonds is 3. The molecule has 0 aliphatic carbocycles. The van der Waals surface area contributed by atoms with E-state index in [0.29, 0.717) is 5.69 Å². The van der Waals surface area contributed by atoms with Gasteiger partial charge in [-0.2, -0.15) is 0 Å². The molecule has 1 fully saturated rings. The normalized spacial score (nSPS) is 19.6. The summed E-state index contributed by atoms with van der Waals surface area (Å²) >= 11 is 1.05. The van der Waals surface area contributed by atoms with Gasteiger partial charge in [-0.05, 0) is 39.9 Å². The molecule has 0 spiro atoms. The van der Waals surface area contributed by atoms with Gasteiger partial charge in [-0.25, -0.2) is 18.1 Å². The van der Waals surface area contributed by atoms with Crippen LogP contribution in [0.15, 0.2) is 4.21 Å². The molecule has 17 heavy (non-hydrogen) atoms. The molecule has 95 valence electrons. The van der Waals surface area contributed by atoms with Crippen molar-refractivity contribution in [2.24, 2.45) is 0 Å². The van der Waals surface area contributed by atoms with E-state index < -0.39 is 10.0 Å². The van der Waals surface area contributed by atoms with Crippen LogP contribution in [0.2, 0.25) is 0 Å². The number of hydrogen-bond donors (Lipinski definition) is 1. The molecular weight excluding hydrogens is 258 g/mol. The second-order valence-electron chi connectivity index (χ2n) is 4.38. The van der Waals surface area contributed by atoms with Crippen molar-refractivity contribution < 1.29 is 8.42 Å². The number of sulfonamides is 1. The Bertz CT molecular complexity index is 475. The van der Waals surface area contributed by atoms with Crippen LogP contribution >= 0.6 is 11.3 Å². The van der Waals surface area contributed by atoms with Gasteiger partial charge in [-0.3, -0.25) is 0 Å². The van der Waals surface area contributed by atoms with Crippen molar-refractivity contribution in [3.63, 3.8) is 0 Å². The molecule has 7 heteroatoms. The van der Waals surface area contributed by atoms with Gasteiger partial charge >= 0.3 is 0 Å². The Morgan fingerprint density at radius 3 is 2.65 bits per heavy atom. The fourth-order valence-corrected chi connectivity index (χ4v) is 4.27. The monoisotopic (exact) mass is 274 g/mol. The standard InChI is InChI=1S/C10H16N3O2S2/c1-8-10(16-7-11-8)17(14,15)12-9-3-5-13(2)6-4-9/h9,12H,3-6H2,1-2H3. The third-order valence-electron chi connectivity index (χ3n) is 2.93. The molecule has 1 aliphatic heterocycles. The fraction of sp³-hybridized carbons (Fsp3) is 0.700. The minimum atomic E-state index is -3.41. The summed E-state index contributed by atoms with van der Waals surface area (Å²) in [4.78, 5) is 6.06. The van der Waals surface area contributed by atoms with Crippen LogP contribution in [0.4, 0.5) is 0 Å². The van der Waals surface area contributed by atoms with E-state index in [-0.39, 0.29) is 10.3 Å². The Labute approximate surface area is 106 Å². The Kier molecular flexibility index (Phi) is 3.82. The molecular formula is C10H16N3O2S2. The van der Waals surface area contributed by atoms with E-state index in [1.54, 1.807) is 6.92 Å². The predicted molar refractivity (Wildman–Crippen MR) is 66.5 cm³/mol. The molecule has 1 aromatic rings. The second-order valence-corrected chi connectivity index (χ2v) is 7.08. The smallest absolute Gasteiger partial charge is 0.252 e. The average molecular weight is 274 g/mol. The van der Waals surface area contributed by atoms with Crippen LogP contribution < -0.4 is 4.72 Å². The average Bonchev–Trinajstić information content (AvgIpc) is 2.68. The van der Waals surface area contributed by atoms with Crippen molar-refractivity contribution in [1.29, 1.82) is 0 Å². The molecule has 1 aliphatic rings. The van der Waals surface area contributed by atoms with Crippen LogP contribution in [0.3, 0.4) is 0 Å². The lowest BCUT2D eigenvalue weighted by Crippen LogP contribution is -2.43. The van der Waals surface area contributed by atoms with Crippen molar-refractivity contribution in [2.45, 2.75) is 30.0 Å². The zero-order valence-corrected chi connectivity index (χ0v) is 11.6. The number of piperidine rings is 1. The first-order chi connectivity index (χ1) is 7.99. The summed E-state index contributed by atoms with van der Waals surface area (Å²) in [5, 5.41) is 0. The van der Waals surface area contributed by atoms with Crippen LogP contribution in [-0.2, 0) is 10.0 Å². The van der Waals surface area contributed by atoms with Gasteiger partial charge in [-0.15, -0.1) is 0 Å². The summed E-state index contributed by atoms with van der Waals surface area (Å²) in [7, 11) is -1.36. The van der Waals surface area contributed by atoms with E-state index in [0.717, 1.165) is 37.3 Å². The number of likely N-dealkylation sites (tertiary alicyclic amines) is 1. The summed E-state index contributed by atoms with van der Waals surface area (Å²) < 4.78 is 27.2. The first kappa shape index (κ1) is 12.9. The Morgan fingerprint density at radius 2 is 2.12 bits per heavy atom. The van der Waals surface area contributed by atoms with E-state index >= 15 is 0 Å². The van der Waals surface area contributed by atoms with Crippen LogP contribution in [-0.4, -0.2) is 44.5 Å². The summed E-state index contributed by atoms with van der Waals surface area (Å²) in [6.45, 7) is 3.55. The predicted octanol–water partition coefficient (Wildman–Crippen LogP) is 0.624. The topological polar surface area (TPSA) is 62.3 Å². The Hall–Kier alpha value is -0.500. The number of nitrogens with one attached hydrogen (secondary N) is 1. The molecule has 5 nitrogen and oxygen atoms in total. The maximum Gasteiger partial charge on any atom is 0.252 e. The van der Waals surface area contributed by atoms with Crippen molar-refractivity contribution in [3.05, 3.63) is 11.2 Å². The number of thiazole rings is 1. The summed E-state index contributed by atoms with van der Waals surface area (Å²) in [6.07, 6.45) is 1.72. The number of hydrogen-bond acceptors (Lipinski definition) is 5. The highest BCUT2D eigenvalue weighted by Gasteiger charge is 2.25. The van der Waals surface area contributed by atoms with Gasteiger partial charge in [0.05, 0.1) is 5.69 Å². The van der Waals surface area contributed by atoms with E-state index in [1.807, 2.05) is 7.05 Å². The second kappa shape index (κ2) is 5.01. The lowest BCUT2D eigenvalue weighted by molar-refractivity contribution is 0.248. The molecule has 2 heterocycles. The molecule has 2 rings (SSSR count). The van der Waals surface area contributed by atoms with Gasteiger partial charge < -0.3 is 4.90 Å². The minimum Gasteiger partial charge on any atom is -0.306 e. The largest absolute Gasteiger partial charge is 0.306 e. The molecule has 0 atom stereocenters. The highest BCUT2D eigenvalue weighted by molar-refractivity contribution is 7.91. The van der Waals surface area contributed by atoms with E-state index in [9.17, 15) is 8.42 Å². The first-order valence-electron chi connectivity index (χ1n) is 5.53. The molecule has 0 aromatic carbocycles. The molecule has 1 N–H and O–H groups in total. The van der Waals surface area contributed by atoms with Crippen LogP contribution in [0.5, 0.6) is 0 Å². The third-order valence-corrected chi connectivity index (χ3v) is 5.93. The van der Waals surface area contributed by atoms with Crippen LogP contribution in [0, 0.1) is 12.4 Å². The zero-order valence-electron chi connectivity index (χ0n) is 9.93. The van der Waals surface area contributed by atoms with Crippen LogP contribution in [0.25, 0.3) is 0 Å². The van der Waals surface area contributed by atoms with Gasteiger partial charge in [0.15, 0.2) is 9.72 Å². The third kappa shape index (κ3) is 3.04. The highest BCUT2D eigenvalue weighted by Crippen LogP contribution is 2.20. The van der Waals surface area contributed by atoms with Gasteiger partial charge in [0.1, 0.15) is 0 Å². The maximum absolute atomic E-state index is 12.1. The lowest BCUT2D eigenvalue weighted by atomic mass is 10.1. The summed E-state index contributed by atoms with van der Waals surface area (Å²) in [5.74, 6) is 0. The Balaban J connectivity index is 2.06. The van der Waals surface area contributed by atoms with Crippen molar-refractivity contribution in [1.82, 2.24) is 14.6 Å². The number of nitrogens with zero attached hydrogens (tertiary/aromatic N) is 2. The van der Waals surface area contributed by atoms with Gasteiger partial charge in [0, 0.05) is 6.04 Å². The highest BCUT2D eigenvalue weighted by atomic mass is 32.2. The zero-order chi connectivity index (χ0) is 12.5. The Morgan fingerprint density at radius 1 is 1.47 bits per heavy atom. The summed E-state index contributed by atoms with van der Waals surface area (Å²) in [5.41, 5.74) is 3.14. The molecule has 0 saturated carbocycles. The van der Waals surface area contributed by atoms with Crippen molar-refractivity contribution in [2.75, 3.05) is 20.1 Å². The molecule has 0 bridgehead atoms. The minimum absolute atomic E-state index is 0.0395. The summed E-state index contributed by atoms with van der Waals surface area (Å²) in [6, 6.07) is 0.0395. The molecule has 1 radical (unpaired) electrons. The van der Waals surface area contributed by atoms with Crippen LogP contribution in [0.1, 0.15) is 18.5 Å². The molecule has 1 saturated heterocycles. The maximum atomic E-state index is 12.1.